The van der Waals surface area contributed by atoms with Gasteiger partial charge in [-0.2, -0.15) is 17.6 Å². The molecule has 0 N–H and O–H groups in total. The lowest BCUT2D eigenvalue weighted by Gasteiger charge is -2.25. The molecule has 0 saturated carbocycles. The summed E-state index contributed by atoms with van der Waals surface area (Å²) in [4.78, 5) is 20.3. The van der Waals surface area contributed by atoms with Crippen LogP contribution in [0.5, 0.6) is 0 Å². The number of carboxylic acid groups (broad SMARTS) is 1. The van der Waals surface area contributed by atoms with Crippen LogP contribution in [0.25, 0.3) is 0 Å². The normalized spacial score (nSPS) is 12.3. The third-order valence-electron chi connectivity index (χ3n) is 1.64. The van der Waals surface area contributed by atoms with Crippen LogP contribution in [0.2, 0.25) is 0 Å². The van der Waals surface area contributed by atoms with E-state index in [-0.39, 0.29) is 6.42 Å². The maximum Gasteiger partial charge on any atom is 0.410 e. The van der Waals surface area contributed by atoms with Gasteiger partial charge in [0, 0.05) is 0 Å². The molecule has 4 nitrogen and oxygen atoms in total. The first-order valence-electron chi connectivity index (χ1n) is 4.32. The molecule has 0 aromatic rings. The molecule has 0 aliphatic rings. The zero-order valence-corrected chi connectivity index (χ0v) is 8.27. The van der Waals surface area contributed by atoms with Crippen LogP contribution in [0.1, 0.15) is 19.8 Å². The highest BCUT2D eigenvalue weighted by Gasteiger charge is 2.64. The molecule has 0 rings (SSSR count). The Morgan fingerprint density at radius 3 is 2.06 bits per heavy atom. The number of unbranched alkanes of at least 4 members (excludes halogenated alkanes) is 1. The second-order valence-electron chi connectivity index (χ2n) is 2.93. The molecular weight excluding hydrogens is 236 g/mol. The van der Waals surface area contributed by atoms with Gasteiger partial charge in [-0.15, -0.1) is 0 Å². The number of rotatable bonds is 6. The Kier molecular flexibility index (Phi) is 4.70. The monoisotopic (exact) mass is 245 g/mol. The van der Waals surface area contributed by atoms with Gasteiger partial charge < -0.3 is 14.6 Å². The first-order chi connectivity index (χ1) is 7.17. The predicted octanol–water partition coefficient (Wildman–Crippen LogP) is 0.350. The number of alkyl halides is 4. The number of carbonyl (C=O) groups is 2. The van der Waals surface area contributed by atoms with Crippen molar-refractivity contribution in [1.29, 1.82) is 0 Å². The number of carboxylic acids is 1. The smallest absolute Gasteiger partial charge is 0.410 e. The highest BCUT2D eigenvalue weighted by molar-refractivity contribution is 5.88. The van der Waals surface area contributed by atoms with E-state index in [4.69, 9.17) is 0 Å². The average molecular weight is 245 g/mol. The van der Waals surface area contributed by atoms with Crippen molar-refractivity contribution in [3.63, 3.8) is 0 Å². The largest absolute Gasteiger partial charge is 0.544 e. The van der Waals surface area contributed by atoms with Crippen molar-refractivity contribution in [3.8, 4) is 0 Å². The maximum atomic E-state index is 12.6. The van der Waals surface area contributed by atoms with Crippen molar-refractivity contribution >= 4 is 11.9 Å². The summed E-state index contributed by atoms with van der Waals surface area (Å²) < 4.78 is 53.8. The van der Waals surface area contributed by atoms with Crippen LogP contribution in [0, 0.1) is 0 Å². The fourth-order valence-corrected chi connectivity index (χ4v) is 0.656. The number of ether oxygens (including phenoxy) is 1. The molecule has 94 valence electrons. The molecule has 0 aliphatic carbocycles. The zero-order valence-electron chi connectivity index (χ0n) is 8.27. The summed E-state index contributed by atoms with van der Waals surface area (Å²) in [6.07, 6.45) is 0.703. The van der Waals surface area contributed by atoms with Gasteiger partial charge in [-0.05, 0) is 6.42 Å². The zero-order chi connectivity index (χ0) is 13.0. The first-order valence-corrected chi connectivity index (χ1v) is 4.32. The SMILES string of the molecule is CCCCOC(=O)C(F)(F)C(F)(F)C(=O)[O-]. The van der Waals surface area contributed by atoms with Gasteiger partial charge in [0.05, 0.1) is 6.61 Å². The molecule has 0 unspecified atom stereocenters. The van der Waals surface area contributed by atoms with Crippen molar-refractivity contribution < 1.29 is 37.0 Å². The van der Waals surface area contributed by atoms with E-state index in [1.165, 1.54) is 0 Å². The predicted molar refractivity (Wildman–Crippen MR) is 40.8 cm³/mol. The second-order valence-corrected chi connectivity index (χ2v) is 2.93. The molecular formula is C8H9F4O4-. The highest BCUT2D eigenvalue weighted by Crippen LogP contribution is 2.34. The van der Waals surface area contributed by atoms with Gasteiger partial charge in [0.1, 0.15) is 5.97 Å². The number of aliphatic carboxylic acids is 1. The van der Waals surface area contributed by atoms with Crippen molar-refractivity contribution in [1.82, 2.24) is 0 Å². The van der Waals surface area contributed by atoms with Crippen LogP contribution >= 0.6 is 0 Å². The Hall–Kier alpha value is -1.34. The fourth-order valence-electron chi connectivity index (χ4n) is 0.656. The summed E-state index contributed by atoms with van der Waals surface area (Å²) in [5.74, 6) is -16.9. The lowest BCUT2D eigenvalue weighted by Crippen LogP contribution is -2.58. The van der Waals surface area contributed by atoms with Crippen LogP contribution in [0.15, 0.2) is 0 Å². The van der Waals surface area contributed by atoms with Gasteiger partial charge in [0.25, 0.3) is 0 Å². The highest BCUT2D eigenvalue weighted by atomic mass is 19.3. The van der Waals surface area contributed by atoms with E-state index in [9.17, 15) is 32.3 Å². The fraction of sp³-hybridized carbons (Fsp3) is 0.750. The summed E-state index contributed by atoms with van der Waals surface area (Å²) >= 11 is 0. The van der Waals surface area contributed by atoms with Gasteiger partial charge in [0.15, 0.2) is 0 Å². The molecule has 0 saturated heterocycles. The van der Waals surface area contributed by atoms with E-state index in [0.29, 0.717) is 6.42 Å². The molecule has 0 aliphatic heterocycles. The summed E-state index contributed by atoms with van der Waals surface area (Å²) in [6.45, 7) is 1.18. The van der Waals surface area contributed by atoms with Gasteiger partial charge in [-0.1, -0.05) is 13.3 Å². The standard InChI is InChI=1S/C8H10F4O4/c1-2-3-4-16-6(15)8(11,12)7(9,10)5(13)14/h2-4H2,1H3,(H,13,14)/p-1. The molecule has 0 aromatic heterocycles. The molecule has 0 heterocycles. The second kappa shape index (κ2) is 5.13. The van der Waals surface area contributed by atoms with Gasteiger partial charge in [0.2, 0.25) is 0 Å². The quantitative estimate of drug-likeness (QED) is 0.384. The van der Waals surface area contributed by atoms with E-state index in [0.717, 1.165) is 0 Å². The van der Waals surface area contributed by atoms with Crippen LogP contribution in [0.3, 0.4) is 0 Å². The molecule has 16 heavy (non-hydrogen) atoms. The van der Waals surface area contributed by atoms with Crippen LogP contribution in [-0.2, 0) is 14.3 Å². The Bertz CT molecular complexity index is 277. The molecule has 0 fully saturated rings. The number of halogens is 4. The lowest BCUT2D eigenvalue weighted by molar-refractivity contribution is -0.346. The van der Waals surface area contributed by atoms with E-state index in [1.807, 2.05) is 0 Å². The number of hydrogen-bond acceptors (Lipinski definition) is 4. The Morgan fingerprint density at radius 2 is 1.69 bits per heavy atom. The van der Waals surface area contributed by atoms with E-state index >= 15 is 0 Å². The van der Waals surface area contributed by atoms with Crippen LogP contribution in [0.4, 0.5) is 17.6 Å². The minimum absolute atomic E-state index is 0.207. The van der Waals surface area contributed by atoms with Gasteiger partial charge in [-0.25, -0.2) is 4.79 Å². The van der Waals surface area contributed by atoms with Gasteiger partial charge in [-0.3, -0.25) is 0 Å². The Balaban J connectivity index is 4.65. The molecule has 8 heteroatoms. The van der Waals surface area contributed by atoms with Crippen LogP contribution < -0.4 is 5.11 Å². The molecule has 0 aromatic carbocycles. The molecule has 0 amide bonds. The minimum Gasteiger partial charge on any atom is -0.544 e. The third kappa shape index (κ3) is 2.83. The number of hydrogen-bond donors (Lipinski definition) is 0. The summed E-state index contributed by atoms with van der Waals surface area (Å²) in [6, 6.07) is 0. The maximum absolute atomic E-state index is 12.6. The summed E-state index contributed by atoms with van der Waals surface area (Å²) in [5, 5.41) is 9.75. The van der Waals surface area contributed by atoms with Crippen molar-refractivity contribution in [2.45, 2.75) is 31.6 Å². The van der Waals surface area contributed by atoms with Gasteiger partial charge >= 0.3 is 17.8 Å². The van der Waals surface area contributed by atoms with Crippen molar-refractivity contribution in [3.05, 3.63) is 0 Å². The topological polar surface area (TPSA) is 66.4 Å². The average Bonchev–Trinajstić information content (AvgIpc) is 2.17. The van der Waals surface area contributed by atoms with Crippen molar-refractivity contribution in [2.75, 3.05) is 6.61 Å². The van der Waals surface area contributed by atoms with Crippen LogP contribution in [-0.4, -0.2) is 30.4 Å². The lowest BCUT2D eigenvalue weighted by atomic mass is 10.2. The third-order valence-corrected chi connectivity index (χ3v) is 1.64. The molecule has 0 radical (unpaired) electrons. The van der Waals surface area contributed by atoms with E-state index in [1.54, 1.807) is 6.92 Å². The number of carbonyl (C=O) groups excluding carboxylic acids is 2. The van der Waals surface area contributed by atoms with E-state index in [2.05, 4.69) is 4.74 Å². The minimum atomic E-state index is -5.59. The molecule has 0 atom stereocenters. The first kappa shape index (κ1) is 14.7. The number of esters is 1. The summed E-state index contributed by atoms with van der Waals surface area (Å²) in [5.41, 5.74) is 0. The summed E-state index contributed by atoms with van der Waals surface area (Å²) in [7, 11) is 0. The molecule has 0 bridgehead atoms. The van der Waals surface area contributed by atoms with E-state index < -0.39 is 30.4 Å². The van der Waals surface area contributed by atoms with Crippen molar-refractivity contribution in [2.24, 2.45) is 0 Å². The Morgan fingerprint density at radius 1 is 1.19 bits per heavy atom. The molecule has 0 spiro atoms. The Labute approximate surface area is 88.2 Å².